The van der Waals surface area contributed by atoms with E-state index in [0.29, 0.717) is 93.9 Å². The summed E-state index contributed by atoms with van der Waals surface area (Å²) in [6.45, 7) is 1.17. The maximum absolute atomic E-state index is 14.4. The van der Waals surface area contributed by atoms with Crippen LogP contribution in [-0.4, -0.2) is 23.1 Å². The Morgan fingerprint density at radius 2 is 0.455 bits per heavy atom. The van der Waals surface area contributed by atoms with Gasteiger partial charge in [-0.2, -0.15) is 0 Å². The molecule has 2 spiro atoms. The third kappa shape index (κ3) is 6.68. The van der Waals surface area contributed by atoms with E-state index in [9.17, 15) is 19.2 Å². The zero-order valence-electron chi connectivity index (χ0n) is 35.6. The number of hydrogen-bond acceptors (Lipinski definition) is 8. The molecule has 12 bridgehead atoms. The van der Waals surface area contributed by atoms with E-state index in [1.165, 1.54) is 0 Å². The number of rotatable bonds is 0. The summed E-state index contributed by atoms with van der Waals surface area (Å²) in [7, 11) is 0. The molecule has 320 valence electrons. The van der Waals surface area contributed by atoms with E-state index in [1.54, 1.807) is 146 Å². The Morgan fingerprint density at radius 1 is 0.258 bits per heavy atom. The van der Waals surface area contributed by atoms with E-state index >= 15 is 0 Å². The van der Waals surface area contributed by atoms with Crippen molar-refractivity contribution in [3.63, 3.8) is 0 Å². The van der Waals surface area contributed by atoms with E-state index in [2.05, 4.69) is 0 Å². The van der Waals surface area contributed by atoms with Crippen LogP contribution in [0.2, 0.25) is 0 Å². The van der Waals surface area contributed by atoms with Gasteiger partial charge in [-0.1, -0.05) is 146 Å². The maximum Gasteiger partial charge on any atom is 0.186 e. The molecule has 10 aliphatic heterocycles. The van der Waals surface area contributed by atoms with Crippen LogP contribution in [0.1, 0.15) is 85.9 Å². The molecule has 12 aliphatic rings. The van der Waals surface area contributed by atoms with Crippen molar-refractivity contribution >= 4 is 23.1 Å². The highest BCUT2D eigenvalue weighted by molar-refractivity contribution is 6.36. The molecule has 20 rings (SSSR count). The lowest BCUT2D eigenvalue weighted by atomic mass is 9.70. The fourth-order valence-corrected chi connectivity index (χ4v) is 9.49. The maximum atomic E-state index is 14.4. The van der Waals surface area contributed by atoms with Gasteiger partial charge >= 0.3 is 0 Å². The quantitative estimate of drug-likeness (QED) is 0.139. The molecule has 0 N–H and O–H groups in total. The van der Waals surface area contributed by atoms with Crippen LogP contribution in [0.4, 0.5) is 0 Å². The normalized spacial score (nSPS) is 15.9. The third-order valence-corrected chi connectivity index (χ3v) is 13.0. The van der Waals surface area contributed by atoms with Gasteiger partial charge in [-0.15, -0.1) is 0 Å². The third-order valence-electron chi connectivity index (χ3n) is 13.0. The molecule has 0 saturated heterocycles. The van der Waals surface area contributed by atoms with Crippen LogP contribution in [0, 0.1) is 0 Å². The summed E-state index contributed by atoms with van der Waals surface area (Å²) in [5, 5.41) is 0. The molecule has 0 amide bonds. The van der Waals surface area contributed by atoms with Gasteiger partial charge in [0.1, 0.15) is 60.3 Å². The predicted octanol–water partition coefficient (Wildman–Crippen LogP) is 11.0. The molecular weight excluding hydrogens is 825 g/mol. The molecule has 0 atom stereocenters. The molecule has 0 fully saturated rings. The van der Waals surface area contributed by atoms with Crippen molar-refractivity contribution in [3.8, 4) is 23.0 Å². The first-order valence-corrected chi connectivity index (χ1v) is 21.8. The van der Waals surface area contributed by atoms with Gasteiger partial charge in [0.25, 0.3) is 0 Å². The fourth-order valence-electron chi connectivity index (χ4n) is 9.49. The molecule has 0 aromatic heterocycles. The number of Topliss-reactive ketones (excluding diaryl/α,β-unsaturated/α-hetero) is 4. The van der Waals surface area contributed by atoms with E-state index in [4.69, 9.17) is 18.9 Å². The summed E-state index contributed by atoms with van der Waals surface area (Å²) in [6, 6.07) is 58.5. The van der Waals surface area contributed by atoms with E-state index in [-0.39, 0.29) is 23.1 Å². The first-order chi connectivity index (χ1) is 32.3. The molecule has 8 aromatic rings. The summed E-state index contributed by atoms with van der Waals surface area (Å²) in [5.74, 6) is 1.27. The Balaban J connectivity index is 0.905. The molecule has 0 radical (unpaired) electrons. The van der Waals surface area contributed by atoms with Crippen molar-refractivity contribution in [1.82, 2.24) is 0 Å². The van der Waals surface area contributed by atoms with Gasteiger partial charge in [-0.3, -0.25) is 19.2 Å². The highest BCUT2D eigenvalue weighted by Crippen LogP contribution is 2.47. The Morgan fingerprint density at radius 3 is 0.652 bits per heavy atom. The Bertz CT molecular complexity index is 2740. The van der Waals surface area contributed by atoms with Crippen LogP contribution in [0.25, 0.3) is 0 Å². The minimum Gasteiger partial charge on any atom is -0.489 e. The smallest absolute Gasteiger partial charge is 0.186 e. The minimum absolute atomic E-state index is 0.271. The van der Waals surface area contributed by atoms with E-state index < -0.39 is 10.8 Å². The van der Waals surface area contributed by atoms with Gasteiger partial charge in [0, 0.05) is 22.3 Å². The van der Waals surface area contributed by atoms with Gasteiger partial charge in [-0.25, -0.2) is 0 Å². The van der Waals surface area contributed by atoms with Crippen LogP contribution in [-0.2, 0) is 37.3 Å². The second-order valence-corrected chi connectivity index (χ2v) is 16.8. The van der Waals surface area contributed by atoms with Gasteiger partial charge in [-0.05, 0) is 93.0 Å². The molecule has 0 saturated carbocycles. The topological polar surface area (TPSA) is 105 Å². The summed E-state index contributed by atoms with van der Waals surface area (Å²) in [5.41, 5.74) is 4.42. The average molecular weight is 865 g/mol. The second kappa shape index (κ2) is 16.3. The largest absolute Gasteiger partial charge is 0.489 e. The van der Waals surface area contributed by atoms with Crippen LogP contribution in [0.3, 0.4) is 0 Å². The number of fused-ring (bicyclic) bond motifs is 2. The van der Waals surface area contributed by atoms with Gasteiger partial charge < -0.3 is 18.9 Å². The summed E-state index contributed by atoms with van der Waals surface area (Å²) in [4.78, 5) is 57.7. The van der Waals surface area contributed by atoms with Crippen molar-refractivity contribution in [1.29, 1.82) is 0 Å². The van der Waals surface area contributed by atoms with Crippen molar-refractivity contribution in [2.75, 3.05) is 0 Å². The zero-order valence-corrected chi connectivity index (χ0v) is 35.6. The van der Waals surface area contributed by atoms with Crippen molar-refractivity contribution in [2.45, 2.75) is 37.3 Å². The summed E-state index contributed by atoms with van der Waals surface area (Å²) in [6.07, 6.45) is 0. The predicted molar refractivity (Wildman–Crippen MR) is 248 cm³/mol. The standard InChI is InChI=1S/C58H40O8/c59-53-49-5-1-2-6-50(49)54(60)57(53)41-17-25-45(26-18-41)63-33-37-9-13-39(14-10-37)35-65-47-29-21-43(22-30-47)58(55(61)51-7-3-4-8-52(51)56(58)62)44-23-31-48(32-24-44)66-36-40-15-11-38(12-16-40)34-64-46-27-19-42(57)20-28-46/h1-32H,33-36H2. The molecule has 8 aromatic carbocycles. The molecule has 0 unspecified atom stereocenters. The van der Waals surface area contributed by atoms with Crippen LogP contribution in [0.5, 0.6) is 23.0 Å². The van der Waals surface area contributed by atoms with Crippen LogP contribution >= 0.6 is 0 Å². The summed E-state index contributed by atoms with van der Waals surface area (Å²) < 4.78 is 24.7. The van der Waals surface area contributed by atoms with Crippen LogP contribution < -0.4 is 18.9 Å². The SMILES string of the molecule is O=C1c2ccccc2C(=O)C12c1ccc(cc1)OCc1ccc(cc1)COc1ccc(cc1)C1(C(=O)c3ccccc3C1=O)c1ccc(cc1)OCc1ccc(cc1)COc1ccc2cc1. The van der Waals surface area contributed by atoms with Crippen LogP contribution in [0.15, 0.2) is 194 Å². The van der Waals surface area contributed by atoms with Crippen molar-refractivity contribution in [3.05, 3.63) is 261 Å². The van der Waals surface area contributed by atoms with E-state index in [1.807, 2.05) is 48.5 Å². The number of ether oxygens (including phenoxy) is 4. The molecule has 10 heterocycles. The number of carbonyl (C=O) groups is 4. The Hall–Kier alpha value is -8.36. The first-order valence-electron chi connectivity index (χ1n) is 21.8. The fraction of sp³-hybridized carbons (Fsp3) is 0.103. The van der Waals surface area contributed by atoms with Crippen molar-refractivity contribution < 1.29 is 38.1 Å². The zero-order chi connectivity index (χ0) is 44.8. The van der Waals surface area contributed by atoms with Gasteiger partial charge in [0.15, 0.2) is 23.1 Å². The molecular formula is C58H40O8. The number of benzene rings is 8. The summed E-state index contributed by atoms with van der Waals surface area (Å²) >= 11 is 0. The number of hydrogen-bond donors (Lipinski definition) is 0. The molecule has 66 heavy (non-hydrogen) atoms. The number of carbonyl (C=O) groups excluding carboxylic acids is 4. The molecule has 8 heteroatoms. The van der Waals surface area contributed by atoms with Gasteiger partial charge in [0.2, 0.25) is 0 Å². The molecule has 8 nitrogen and oxygen atoms in total. The first kappa shape index (κ1) is 40.4. The minimum atomic E-state index is -1.57. The number of ketones is 4. The highest BCUT2D eigenvalue weighted by Gasteiger charge is 2.56. The van der Waals surface area contributed by atoms with Gasteiger partial charge in [0.05, 0.1) is 0 Å². The Labute approximate surface area is 381 Å². The van der Waals surface area contributed by atoms with Crippen molar-refractivity contribution in [2.24, 2.45) is 0 Å². The Kier molecular flexibility index (Phi) is 10.00. The highest BCUT2D eigenvalue weighted by atomic mass is 16.5. The van der Waals surface area contributed by atoms with E-state index in [0.717, 1.165) is 22.3 Å². The lowest BCUT2D eigenvalue weighted by molar-refractivity contribution is 0.0814. The monoisotopic (exact) mass is 864 g/mol. The average Bonchev–Trinajstić information content (AvgIpc) is 3.74. The molecule has 2 aliphatic carbocycles. The lowest BCUT2D eigenvalue weighted by Crippen LogP contribution is -2.39. The lowest BCUT2D eigenvalue weighted by Gasteiger charge is -2.27. The second-order valence-electron chi connectivity index (χ2n) is 16.8.